The third-order valence-corrected chi connectivity index (χ3v) is 2.23. The Labute approximate surface area is 73.9 Å². The van der Waals surface area contributed by atoms with E-state index in [0.717, 1.165) is 25.2 Å². The van der Waals surface area contributed by atoms with Crippen LogP contribution in [0.3, 0.4) is 0 Å². The van der Waals surface area contributed by atoms with E-state index in [1.54, 1.807) is 0 Å². The minimum absolute atomic E-state index is 0.168. The van der Waals surface area contributed by atoms with Crippen molar-refractivity contribution in [1.29, 1.82) is 0 Å². The molecule has 0 bridgehead atoms. The summed E-state index contributed by atoms with van der Waals surface area (Å²) in [5, 5.41) is 12.3. The van der Waals surface area contributed by atoms with Gasteiger partial charge >= 0.3 is 0 Å². The van der Waals surface area contributed by atoms with Crippen molar-refractivity contribution in [1.82, 2.24) is 5.32 Å². The number of aliphatic imine (C=N–C) groups is 1. The summed E-state index contributed by atoms with van der Waals surface area (Å²) < 4.78 is 0. The molecule has 0 amide bonds. The summed E-state index contributed by atoms with van der Waals surface area (Å²) in [4.78, 5) is 4.30. The first-order valence-electron chi connectivity index (χ1n) is 4.64. The van der Waals surface area contributed by atoms with Crippen LogP contribution in [0.1, 0.15) is 26.7 Å². The molecule has 1 atom stereocenters. The van der Waals surface area contributed by atoms with Crippen molar-refractivity contribution < 1.29 is 5.11 Å². The highest BCUT2D eigenvalue weighted by Gasteiger charge is 2.15. The number of nitrogens with zero attached hydrogens (tertiary/aromatic N) is 1. The molecule has 0 aromatic heterocycles. The molecule has 0 aromatic rings. The van der Waals surface area contributed by atoms with Gasteiger partial charge in [0.1, 0.15) is 0 Å². The van der Waals surface area contributed by atoms with Crippen molar-refractivity contribution in [2.45, 2.75) is 32.7 Å². The smallest absolute Gasteiger partial charge is 0.0966 e. The zero-order valence-electron chi connectivity index (χ0n) is 7.88. The fourth-order valence-corrected chi connectivity index (χ4v) is 1.29. The number of nitrogens with one attached hydrogen (secondary N) is 1. The van der Waals surface area contributed by atoms with Crippen LogP contribution in [-0.4, -0.2) is 30.1 Å². The van der Waals surface area contributed by atoms with E-state index in [2.05, 4.69) is 24.2 Å². The first kappa shape index (κ1) is 9.52. The van der Waals surface area contributed by atoms with Gasteiger partial charge in [-0.15, -0.1) is 0 Å². The Balaban J connectivity index is 2.36. The normalized spacial score (nSPS) is 19.5. The molecule has 0 aliphatic carbocycles. The second-order valence-corrected chi connectivity index (χ2v) is 3.61. The second kappa shape index (κ2) is 4.45. The second-order valence-electron chi connectivity index (χ2n) is 3.61. The van der Waals surface area contributed by atoms with Crippen LogP contribution >= 0.6 is 0 Å². The summed E-state index contributed by atoms with van der Waals surface area (Å²) in [6, 6.07) is 0.168. The van der Waals surface area contributed by atoms with Gasteiger partial charge in [0.05, 0.1) is 18.5 Å². The van der Waals surface area contributed by atoms with E-state index in [1.165, 1.54) is 0 Å². The maximum atomic E-state index is 9.04. The Kier molecular flexibility index (Phi) is 3.53. The van der Waals surface area contributed by atoms with Crippen LogP contribution in [0.25, 0.3) is 0 Å². The molecule has 0 radical (unpaired) electrons. The van der Waals surface area contributed by atoms with Gasteiger partial charge in [0.15, 0.2) is 0 Å². The van der Waals surface area contributed by atoms with Crippen LogP contribution in [0.15, 0.2) is 4.99 Å². The molecule has 1 aliphatic heterocycles. The Bertz CT molecular complexity index is 166. The van der Waals surface area contributed by atoms with Gasteiger partial charge in [-0.3, -0.25) is 4.99 Å². The van der Waals surface area contributed by atoms with Gasteiger partial charge in [-0.1, -0.05) is 13.8 Å². The molecule has 1 heterocycles. The lowest BCUT2D eigenvalue weighted by Gasteiger charge is -2.20. The topological polar surface area (TPSA) is 44.6 Å². The van der Waals surface area contributed by atoms with Crippen molar-refractivity contribution in [3.05, 3.63) is 0 Å². The zero-order valence-corrected chi connectivity index (χ0v) is 7.88. The Morgan fingerprint density at radius 2 is 2.33 bits per heavy atom. The maximum Gasteiger partial charge on any atom is 0.0966 e. The maximum absolute atomic E-state index is 9.04. The highest BCUT2D eigenvalue weighted by molar-refractivity contribution is 5.83. The minimum Gasteiger partial charge on any atom is -0.394 e. The minimum atomic E-state index is 0.168. The van der Waals surface area contributed by atoms with Gasteiger partial charge in [-0.2, -0.15) is 0 Å². The highest BCUT2D eigenvalue weighted by Crippen LogP contribution is 2.06. The molecule has 0 aromatic carbocycles. The lowest BCUT2D eigenvalue weighted by Crippen LogP contribution is -2.40. The van der Waals surface area contributed by atoms with Crippen LogP contribution in [0.5, 0.6) is 0 Å². The number of amidine groups is 1. The van der Waals surface area contributed by atoms with Crippen molar-refractivity contribution in [2.75, 3.05) is 13.2 Å². The third kappa shape index (κ3) is 2.48. The molecule has 2 N–H and O–H groups in total. The molecular formula is C9H18N2O. The summed E-state index contributed by atoms with van der Waals surface area (Å²) >= 11 is 0. The first-order valence-corrected chi connectivity index (χ1v) is 4.64. The molecular weight excluding hydrogens is 152 g/mol. The van der Waals surface area contributed by atoms with Crippen molar-refractivity contribution in [2.24, 2.45) is 10.9 Å². The molecule has 0 unspecified atom stereocenters. The van der Waals surface area contributed by atoms with E-state index in [4.69, 9.17) is 5.11 Å². The predicted octanol–water partition coefficient (Wildman–Crippen LogP) is 0.785. The molecule has 0 spiro atoms. The van der Waals surface area contributed by atoms with Gasteiger partial charge in [0.25, 0.3) is 0 Å². The lowest BCUT2D eigenvalue weighted by molar-refractivity contribution is 0.226. The van der Waals surface area contributed by atoms with Gasteiger partial charge in [-0.25, -0.2) is 0 Å². The number of aliphatic hydroxyl groups excluding tert-OH is 1. The molecule has 70 valence electrons. The molecule has 0 fully saturated rings. The van der Waals surface area contributed by atoms with Crippen molar-refractivity contribution in [3.63, 3.8) is 0 Å². The summed E-state index contributed by atoms with van der Waals surface area (Å²) in [5.41, 5.74) is 0. The molecule has 3 nitrogen and oxygen atoms in total. The molecule has 12 heavy (non-hydrogen) atoms. The standard InChI is InChI=1S/C9H18N2O/c1-7(2)8(6-12)11-9-4-3-5-10-9/h7-8,12H,3-6H2,1-2H3,(H,10,11)/t8-/m1/s1. The van der Waals surface area contributed by atoms with Crippen molar-refractivity contribution >= 4 is 5.84 Å². The summed E-state index contributed by atoms with van der Waals surface area (Å²) in [7, 11) is 0. The van der Waals surface area contributed by atoms with Crippen LogP contribution in [0.4, 0.5) is 0 Å². The van der Waals surface area contributed by atoms with E-state index in [1.807, 2.05) is 0 Å². The number of hydrogen-bond donors (Lipinski definition) is 2. The van der Waals surface area contributed by atoms with E-state index >= 15 is 0 Å². The monoisotopic (exact) mass is 170 g/mol. The zero-order chi connectivity index (χ0) is 8.97. The molecule has 0 saturated carbocycles. The molecule has 1 aliphatic rings. The number of aliphatic hydroxyl groups is 1. The van der Waals surface area contributed by atoms with E-state index in [9.17, 15) is 0 Å². The Hall–Kier alpha value is -0.570. The van der Waals surface area contributed by atoms with E-state index < -0.39 is 0 Å². The fraction of sp³-hybridized carbons (Fsp3) is 0.889. The average Bonchev–Trinajstić information content (AvgIpc) is 2.51. The summed E-state index contributed by atoms with van der Waals surface area (Å²) in [6.07, 6.45) is 2.20. The Morgan fingerprint density at radius 3 is 2.75 bits per heavy atom. The molecule has 3 heteroatoms. The van der Waals surface area contributed by atoms with E-state index in [-0.39, 0.29) is 12.6 Å². The summed E-state index contributed by atoms with van der Waals surface area (Å²) in [6.45, 7) is 5.34. The van der Waals surface area contributed by atoms with Crippen LogP contribution in [-0.2, 0) is 0 Å². The van der Waals surface area contributed by atoms with Gasteiger partial charge in [0, 0.05) is 13.0 Å². The molecule has 1 rings (SSSR count). The largest absolute Gasteiger partial charge is 0.394 e. The Morgan fingerprint density at radius 1 is 1.58 bits per heavy atom. The van der Waals surface area contributed by atoms with Crippen LogP contribution < -0.4 is 5.32 Å². The fourth-order valence-electron chi connectivity index (χ4n) is 1.29. The first-order chi connectivity index (χ1) is 5.74. The lowest BCUT2D eigenvalue weighted by atomic mass is 10.1. The third-order valence-electron chi connectivity index (χ3n) is 2.23. The van der Waals surface area contributed by atoms with Gasteiger partial charge in [-0.05, 0) is 12.3 Å². The number of hydrogen-bond acceptors (Lipinski definition) is 3. The summed E-state index contributed by atoms with van der Waals surface area (Å²) in [5.74, 6) is 1.53. The average molecular weight is 170 g/mol. The quantitative estimate of drug-likeness (QED) is 0.657. The highest BCUT2D eigenvalue weighted by atomic mass is 16.3. The van der Waals surface area contributed by atoms with E-state index in [0.29, 0.717) is 5.92 Å². The van der Waals surface area contributed by atoms with Crippen LogP contribution in [0, 0.1) is 5.92 Å². The number of rotatable bonds is 3. The van der Waals surface area contributed by atoms with Gasteiger partial charge in [0.2, 0.25) is 0 Å². The van der Waals surface area contributed by atoms with Gasteiger partial charge < -0.3 is 10.4 Å². The SMILES string of the molecule is CC(C)[C@@H](CO)NC1=NCCC1. The van der Waals surface area contributed by atoms with Crippen molar-refractivity contribution in [3.8, 4) is 0 Å². The van der Waals surface area contributed by atoms with Crippen LogP contribution in [0.2, 0.25) is 0 Å². The predicted molar refractivity (Wildman–Crippen MR) is 50.4 cm³/mol. The molecule has 0 saturated heterocycles.